The average molecular weight is 289 g/mol. The fourth-order valence-electron chi connectivity index (χ4n) is 2.04. The first-order chi connectivity index (χ1) is 10.2. The topological polar surface area (TPSA) is 87.4 Å². The number of benzene rings is 1. The van der Waals surface area contributed by atoms with Gasteiger partial charge in [0.25, 0.3) is 0 Å². The molecule has 0 aliphatic carbocycles. The van der Waals surface area contributed by atoms with Crippen LogP contribution in [0, 0.1) is 6.92 Å². The maximum Gasteiger partial charge on any atom is 0.319 e. The number of hydrogen-bond donors (Lipinski definition) is 3. The van der Waals surface area contributed by atoms with Gasteiger partial charge in [0.2, 0.25) is 0 Å². The van der Waals surface area contributed by atoms with Crippen LogP contribution in [0.1, 0.15) is 29.5 Å². The van der Waals surface area contributed by atoms with Crippen molar-refractivity contribution in [3.05, 3.63) is 46.8 Å². The maximum absolute atomic E-state index is 11.9. The van der Waals surface area contributed by atoms with Gasteiger partial charge in [-0.3, -0.25) is 0 Å². The van der Waals surface area contributed by atoms with E-state index in [0.717, 1.165) is 16.8 Å². The van der Waals surface area contributed by atoms with E-state index < -0.39 is 0 Å². The molecule has 6 heteroatoms. The Bertz CT molecular complexity index is 622. The first-order valence-corrected chi connectivity index (χ1v) is 6.83. The largest absolute Gasteiger partial charge is 0.392 e. The summed E-state index contributed by atoms with van der Waals surface area (Å²) in [5.41, 5.74) is 3.02. The summed E-state index contributed by atoms with van der Waals surface area (Å²) in [7, 11) is 0. The lowest BCUT2D eigenvalue weighted by Crippen LogP contribution is -2.29. The number of nitrogens with zero attached hydrogens (tertiary/aromatic N) is 1. The number of carbonyl (C=O) groups is 1. The Morgan fingerprint density at radius 1 is 1.33 bits per heavy atom. The second-order valence-electron chi connectivity index (χ2n) is 4.65. The van der Waals surface area contributed by atoms with E-state index in [9.17, 15) is 9.90 Å². The normalized spacial score (nSPS) is 10.4. The molecule has 0 saturated carbocycles. The summed E-state index contributed by atoms with van der Waals surface area (Å²) in [5, 5.41) is 18.6. The number of aromatic nitrogens is 1. The van der Waals surface area contributed by atoms with Crippen molar-refractivity contribution in [1.29, 1.82) is 0 Å². The molecule has 6 nitrogen and oxygen atoms in total. The van der Waals surface area contributed by atoms with E-state index in [1.807, 2.05) is 31.2 Å². The van der Waals surface area contributed by atoms with Crippen LogP contribution in [0.4, 0.5) is 10.5 Å². The van der Waals surface area contributed by atoms with Crippen molar-refractivity contribution in [2.75, 3.05) is 5.32 Å². The summed E-state index contributed by atoms with van der Waals surface area (Å²) in [6.07, 6.45) is 0.681. The first-order valence-electron chi connectivity index (χ1n) is 6.83. The lowest BCUT2D eigenvalue weighted by Gasteiger charge is -2.10. The molecule has 1 aromatic heterocycles. The predicted octanol–water partition coefficient (Wildman–Crippen LogP) is 2.36. The van der Waals surface area contributed by atoms with E-state index in [4.69, 9.17) is 4.52 Å². The molecule has 112 valence electrons. The van der Waals surface area contributed by atoms with Crippen molar-refractivity contribution in [3.8, 4) is 0 Å². The monoisotopic (exact) mass is 289 g/mol. The number of nitrogens with one attached hydrogen (secondary N) is 2. The predicted molar refractivity (Wildman–Crippen MR) is 78.8 cm³/mol. The number of urea groups is 1. The molecule has 0 spiro atoms. The van der Waals surface area contributed by atoms with E-state index >= 15 is 0 Å². The summed E-state index contributed by atoms with van der Waals surface area (Å²) in [6.45, 7) is 3.99. The molecule has 1 heterocycles. The molecule has 0 atom stereocenters. The number of amides is 2. The molecular weight excluding hydrogens is 270 g/mol. The summed E-state index contributed by atoms with van der Waals surface area (Å²) >= 11 is 0. The quantitative estimate of drug-likeness (QED) is 0.788. The molecule has 0 radical (unpaired) electrons. The molecule has 2 aromatic rings. The van der Waals surface area contributed by atoms with Gasteiger partial charge in [-0.05, 0) is 24.5 Å². The molecule has 3 N–H and O–H groups in total. The number of hydrogen-bond acceptors (Lipinski definition) is 4. The smallest absolute Gasteiger partial charge is 0.319 e. The van der Waals surface area contributed by atoms with Crippen LogP contribution in [0.15, 0.2) is 28.8 Å². The zero-order valence-electron chi connectivity index (χ0n) is 12.1. The number of aryl methyl sites for hydroxylation is 2. The van der Waals surface area contributed by atoms with Crippen LogP contribution < -0.4 is 10.6 Å². The molecule has 21 heavy (non-hydrogen) atoms. The van der Waals surface area contributed by atoms with Gasteiger partial charge in [0.15, 0.2) is 5.76 Å². The van der Waals surface area contributed by atoms with Gasteiger partial charge in [0, 0.05) is 6.54 Å². The molecule has 0 aliphatic heterocycles. The Kier molecular flexibility index (Phi) is 4.94. The summed E-state index contributed by atoms with van der Waals surface area (Å²) in [5.74, 6) is 0.581. The highest BCUT2D eigenvalue weighted by Crippen LogP contribution is 2.20. The maximum atomic E-state index is 11.9. The fraction of sp³-hybridized carbons (Fsp3) is 0.333. The van der Waals surface area contributed by atoms with E-state index in [1.165, 1.54) is 0 Å². The first kappa shape index (κ1) is 15.1. The summed E-state index contributed by atoms with van der Waals surface area (Å²) in [6, 6.07) is 7.09. The summed E-state index contributed by atoms with van der Waals surface area (Å²) < 4.78 is 5.06. The molecule has 0 fully saturated rings. The van der Waals surface area contributed by atoms with Crippen LogP contribution >= 0.6 is 0 Å². The van der Waals surface area contributed by atoms with Crippen LogP contribution in [0.2, 0.25) is 0 Å². The minimum Gasteiger partial charge on any atom is -0.392 e. The second-order valence-corrected chi connectivity index (χ2v) is 4.65. The van der Waals surface area contributed by atoms with Crippen LogP contribution in [0.3, 0.4) is 0 Å². The fourth-order valence-corrected chi connectivity index (χ4v) is 2.04. The van der Waals surface area contributed by atoms with E-state index in [2.05, 4.69) is 15.8 Å². The van der Waals surface area contributed by atoms with Gasteiger partial charge in [0.05, 0.1) is 6.61 Å². The van der Waals surface area contributed by atoms with Gasteiger partial charge in [-0.25, -0.2) is 4.79 Å². The number of aliphatic hydroxyl groups excluding tert-OH is 1. The minimum absolute atomic E-state index is 0.0514. The third-order valence-electron chi connectivity index (χ3n) is 3.23. The average Bonchev–Trinajstić information content (AvgIpc) is 2.86. The molecule has 0 saturated heterocycles. The van der Waals surface area contributed by atoms with Crippen molar-refractivity contribution >= 4 is 11.7 Å². The lowest BCUT2D eigenvalue weighted by atomic mass is 10.1. The van der Waals surface area contributed by atoms with Gasteiger partial charge in [-0.2, -0.15) is 0 Å². The van der Waals surface area contributed by atoms with Gasteiger partial charge >= 0.3 is 6.03 Å². The third-order valence-corrected chi connectivity index (χ3v) is 3.23. The number of aliphatic hydroxyl groups is 1. The van der Waals surface area contributed by atoms with Crippen molar-refractivity contribution in [3.63, 3.8) is 0 Å². The van der Waals surface area contributed by atoms with Gasteiger partial charge in [-0.15, -0.1) is 0 Å². The van der Waals surface area contributed by atoms with Crippen molar-refractivity contribution in [2.24, 2.45) is 0 Å². The molecule has 2 amide bonds. The molecule has 1 aromatic carbocycles. The molecular formula is C15H19N3O3. The Hall–Kier alpha value is -2.34. The number of anilines is 1. The zero-order chi connectivity index (χ0) is 15.2. The molecule has 0 bridgehead atoms. The van der Waals surface area contributed by atoms with E-state index in [-0.39, 0.29) is 12.6 Å². The van der Waals surface area contributed by atoms with Crippen LogP contribution in [-0.4, -0.2) is 16.3 Å². The van der Waals surface area contributed by atoms with Gasteiger partial charge < -0.3 is 20.3 Å². The second kappa shape index (κ2) is 6.90. The van der Waals surface area contributed by atoms with Crippen LogP contribution in [0.5, 0.6) is 0 Å². The highest BCUT2D eigenvalue weighted by molar-refractivity contribution is 5.90. The standard InChI is InChI=1S/C15H19N3O3/c1-3-13-14(10(2)21-18-13)17-15(20)16-8-11-6-4-5-7-12(11)9-19/h4-7,19H,3,8-9H2,1-2H3,(H2,16,17,20). The Balaban J connectivity index is 1.98. The summed E-state index contributed by atoms with van der Waals surface area (Å²) in [4.78, 5) is 11.9. The SMILES string of the molecule is CCc1noc(C)c1NC(=O)NCc1ccccc1CO. The van der Waals surface area contributed by atoms with E-state index in [0.29, 0.717) is 24.4 Å². The highest BCUT2D eigenvalue weighted by Gasteiger charge is 2.14. The minimum atomic E-state index is -0.330. The number of carbonyl (C=O) groups excluding carboxylic acids is 1. The molecule has 2 rings (SSSR count). The van der Waals surface area contributed by atoms with E-state index in [1.54, 1.807) is 6.92 Å². The van der Waals surface area contributed by atoms with Gasteiger partial charge in [-0.1, -0.05) is 36.3 Å². The van der Waals surface area contributed by atoms with Crippen molar-refractivity contribution in [2.45, 2.75) is 33.4 Å². The van der Waals surface area contributed by atoms with Crippen molar-refractivity contribution in [1.82, 2.24) is 10.5 Å². The lowest BCUT2D eigenvalue weighted by molar-refractivity contribution is 0.251. The Morgan fingerprint density at radius 3 is 2.71 bits per heavy atom. The molecule has 0 unspecified atom stereocenters. The van der Waals surface area contributed by atoms with Crippen LogP contribution in [-0.2, 0) is 19.6 Å². The molecule has 0 aliphatic rings. The van der Waals surface area contributed by atoms with Crippen molar-refractivity contribution < 1.29 is 14.4 Å². The number of rotatable bonds is 5. The van der Waals surface area contributed by atoms with Crippen LogP contribution in [0.25, 0.3) is 0 Å². The highest BCUT2D eigenvalue weighted by atomic mass is 16.5. The zero-order valence-corrected chi connectivity index (χ0v) is 12.1. The Morgan fingerprint density at radius 2 is 2.05 bits per heavy atom. The van der Waals surface area contributed by atoms with Gasteiger partial charge in [0.1, 0.15) is 11.4 Å². The Labute approximate surface area is 123 Å². The third kappa shape index (κ3) is 3.61.